The van der Waals surface area contributed by atoms with Crippen molar-refractivity contribution in [2.75, 3.05) is 6.61 Å². The van der Waals surface area contributed by atoms with Crippen LogP contribution < -0.4 is 0 Å². The molecule has 0 bridgehead atoms. The predicted octanol–water partition coefficient (Wildman–Crippen LogP) is 1.78. The molecule has 0 aromatic carbocycles. The van der Waals surface area contributed by atoms with Gasteiger partial charge in [0.2, 0.25) is 0 Å². The molecule has 144 valence electrons. The molecule has 5 heteroatoms. The Hall–Kier alpha value is -1.04. The lowest BCUT2D eigenvalue weighted by Gasteiger charge is -2.60. The topological polar surface area (TPSA) is 94.8 Å². The molecule has 3 N–H and O–H groups in total. The summed E-state index contributed by atoms with van der Waals surface area (Å²) >= 11 is 0. The number of carbonyl (C=O) groups is 2. The Bertz CT molecular complexity index is 684. The molecular formula is C21H30O5. The summed E-state index contributed by atoms with van der Waals surface area (Å²) in [6, 6.07) is 0. The normalized spacial score (nSPS) is 50.5. The van der Waals surface area contributed by atoms with Crippen molar-refractivity contribution < 1.29 is 24.9 Å². The maximum absolute atomic E-state index is 12.4. The number of allylic oxidation sites excluding steroid dienone is 1. The van der Waals surface area contributed by atoms with E-state index in [-0.39, 0.29) is 29.0 Å². The molecule has 0 unspecified atom stereocenters. The molecule has 0 saturated heterocycles. The van der Waals surface area contributed by atoms with Crippen LogP contribution in [0.25, 0.3) is 0 Å². The lowest BCUT2D eigenvalue weighted by atomic mass is 9.45. The second kappa shape index (κ2) is 5.73. The van der Waals surface area contributed by atoms with Gasteiger partial charge in [0, 0.05) is 11.8 Å². The highest BCUT2D eigenvalue weighted by molar-refractivity contribution is 5.91. The fourth-order valence-electron chi connectivity index (χ4n) is 7.28. The minimum absolute atomic E-state index is 0.0697. The number of hydrogen-bond donors (Lipinski definition) is 3. The van der Waals surface area contributed by atoms with Gasteiger partial charge in [-0.25, -0.2) is 0 Å². The summed E-state index contributed by atoms with van der Waals surface area (Å²) in [4.78, 5) is 24.3. The van der Waals surface area contributed by atoms with Gasteiger partial charge >= 0.3 is 0 Å². The number of hydrogen-bond acceptors (Lipinski definition) is 5. The summed E-state index contributed by atoms with van der Waals surface area (Å²) < 4.78 is 0. The van der Waals surface area contributed by atoms with Crippen LogP contribution in [0.2, 0.25) is 0 Å². The highest BCUT2D eigenvalue weighted by Crippen LogP contribution is 2.67. The maximum atomic E-state index is 12.4. The Morgan fingerprint density at radius 1 is 1.23 bits per heavy atom. The minimum atomic E-state index is -1.54. The molecule has 4 aliphatic carbocycles. The van der Waals surface area contributed by atoms with Crippen LogP contribution in [-0.2, 0) is 9.59 Å². The van der Waals surface area contributed by atoms with Gasteiger partial charge in [-0.05, 0) is 67.8 Å². The molecular weight excluding hydrogens is 332 g/mol. The quantitative estimate of drug-likeness (QED) is 0.696. The Kier molecular flexibility index (Phi) is 4.04. The van der Waals surface area contributed by atoms with Crippen LogP contribution in [-0.4, -0.2) is 45.2 Å². The molecule has 0 amide bonds. The fourth-order valence-corrected chi connectivity index (χ4v) is 7.28. The number of ketones is 2. The van der Waals surface area contributed by atoms with Crippen molar-refractivity contribution in [3.8, 4) is 0 Å². The van der Waals surface area contributed by atoms with E-state index in [4.69, 9.17) is 0 Å². The van der Waals surface area contributed by atoms with Crippen LogP contribution in [0.4, 0.5) is 0 Å². The second-order valence-electron chi connectivity index (χ2n) is 9.56. The third-order valence-corrected chi connectivity index (χ3v) is 8.65. The van der Waals surface area contributed by atoms with Gasteiger partial charge in [-0.2, -0.15) is 0 Å². The lowest BCUT2D eigenvalue weighted by molar-refractivity contribution is -0.182. The first-order valence-electron chi connectivity index (χ1n) is 9.96. The largest absolute Gasteiger partial charge is 0.393 e. The summed E-state index contributed by atoms with van der Waals surface area (Å²) in [6.45, 7) is 3.46. The van der Waals surface area contributed by atoms with Crippen LogP contribution in [0.5, 0.6) is 0 Å². The predicted molar refractivity (Wildman–Crippen MR) is 95.1 cm³/mol. The number of fused-ring (bicyclic) bond motifs is 5. The molecule has 0 radical (unpaired) electrons. The highest BCUT2D eigenvalue weighted by Gasteiger charge is 2.68. The van der Waals surface area contributed by atoms with E-state index in [2.05, 4.69) is 6.92 Å². The van der Waals surface area contributed by atoms with Crippen LogP contribution in [0.3, 0.4) is 0 Å². The van der Waals surface area contributed by atoms with Gasteiger partial charge in [0.05, 0.1) is 6.10 Å². The third-order valence-electron chi connectivity index (χ3n) is 8.65. The average molecular weight is 362 g/mol. The first kappa shape index (κ1) is 18.3. The lowest BCUT2D eigenvalue weighted by Crippen LogP contribution is -2.62. The second-order valence-corrected chi connectivity index (χ2v) is 9.56. The molecule has 0 spiro atoms. The number of Topliss-reactive ketones (excluding diaryl/α,β-unsaturated/α-hetero) is 1. The Morgan fingerprint density at radius 3 is 2.65 bits per heavy atom. The van der Waals surface area contributed by atoms with Crippen molar-refractivity contribution in [2.24, 2.45) is 28.6 Å². The summed E-state index contributed by atoms with van der Waals surface area (Å²) in [6.07, 6.45) is 5.74. The van der Waals surface area contributed by atoms with Gasteiger partial charge < -0.3 is 15.3 Å². The van der Waals surface area contributed by atoms with Crippen LogP contribution >= 0.6 is 0 Å². The van der Waals surface area contributed by atoms with Crippen molar-refractivity contribution in [3.63, 3.8) is 0 Å². The van der Waals surface area contributed by atoms with Gasteiger partial charge in [0.25, 0.3) is 0 Å². The fraction of sp³-hybridized carbons (Fsp3) is 0.810. The molecule has 3 saturated carbocycles. The van der Waals surface area contributed by atoms with E-state index >= 15 is 0 Å². The van der Waals surface area contributed by atoms with Crippen LogP contribution in [0.1, 0.15) is 58.8 Å². The third kappa shape index (κ3) is 2.14. The van der Waals surface area contributed by atoms with Crippen LogP contribution in [0.15, 0.2) is 11.6 Å². The first-order chi connectivity index (χ1) is 12.2. The van der Waals surface area contributed by atoms with Crippen molar-refractivity contribution in [3.05, 3.63) is 11.6 Å². The van der Waals surface area contributed by atoms with E-state index in [1.54, 1.807) is 6.08 Å². The van der Waals surface area contributed by atoms with Crippen LogP contribution in [0, 0.1) is 28.6 Å². The molecule has 0 aromatic heterocycles. The molecule has 0 aliphatic heterocycles. The van der Waals surface area contributed by atoms with Gasteiger partial charge in [0.1, 0.15) is 12.2 Å². The Balaban J connectivity index is 1.74. The van der Waals surface area contributed by atoms with E-state index in [1.165, 1.54) is 5.57 Å². The standard InChI is InChI=1S/C21H30O5/c1-19-7-5-13(23)9-12(19)3-4-14-15-6-8-21(26,17(25)11-22)20(15,2)10-16(24)18(14)19/h9,14-16,18,22,24,26H,3-8,10-11H2,1-2H3/t14-,15-,16+,18-,19+,20+,21+/m1/s1. The Morgan fingerprint density at radius 2 is 1.96 bits per heavy atom. The Labute approximate surface area is 154 Å². The zero-order valence-corrected chi connectivity index (χ0v) is 15.7. The first-order valence-corrected chi connectivity index (χ1v) is 9.96. The van der Waals surface area contributed by atoms with E-state index in [0.29, 0.717) is 19.3 Å². The molecule has 4 aliphatic rings. The maximum Gasteiger partial charge on any atom is 0.190 e. The summed E-state index contributed by atoms with van der Waals surface area (Å²) in [5.41, 5.74) is -1.23. The number of carbonyl (C=O) groups excluding carboxylic acids is 2. The van der Waals surface area contributed by atoms with Gasteiger partial charge in [-0.3, -0.25) is 9.59 Å². The van der Waals surface area contributed by atoms with Gasteiger partial charge in [-0.1, -0.05) is 19.4 Å². The molecule has 5 nitrogen and oxygen atoms in total. The zero-order chi connectivity index (χ0) is 18.9. The summed E-state index contributed by atoms with van der Waals surface area (Å²) in [5, 5.41) is 31.7. The zero-order valence-electron chi connectivity index (χ0n) is 15.7. The molecule has 3 fully saturated rings. The van der Waals surface area contributed by atoms with Crippen molar-refractivity contribution >= 4 is 11.6 Å². The van der Waals surface area contributed by atoms with Crippen molar-refractivity contribution in [2.45, 2.75) is 70.5 Å². The smallest absolute Gasteiger partial charge is 0.190 e. The van der Waals surface area contributed by atoms with E-state index in [1.807, 2.05) is 6.92 Å². The van der Waals surface area contributed by atoms with Gasteiger partial charge in [0.15, 0.2) is 11.6 Å². The SMILES string of the molecule is C[C@]12CCC(=O)C=C1CC[C@H]1[C@@H]2[C@@H](O)C[C@@]2(C)[C@@H]1CC[C@]2(O)C(=O)CO. The van der Waals surface area contributed by atoms with Crippen molar-refractivity contribution in [1.29, 1.82) is 0 Å². The molecule has 26 heavy (non-hydrogen) atoms. The average Bonchev–Trinajstić information content (AvgIpc) is 2.86. The van der Waals surface area contributed by atoms with Gasteiger partial charge in [-0.15, -0.1) is 0 Å². The number of rotatable bonds is 2. The molecule has 4 rings (SSSR count). The molecule has 0 heterocycles. The highest BCUT2D eigenvalue weighted by atomic mass is 16.3. The summed E-state index contributed by atoms with van der Waals surface area (Å²) in [7, 11) is 0. The van der Waals surface area contributed by atoms with E-state index in [9.17, 15) is 24.9 Å². The van der Waals surface area contributed by atoms with Crippen molar-refractivity contribution in [1.82, 2.24) is 0 Å². The number of aliphatic hydroxyl groups excluding tert-OH is 2. The molecule has 0 aromatic rings. The molecule has 7 atom stereocenters. The monoisotopic (exact) mass is 362 g/mol. The summed E-state index contributed by atoms with van der Waals surface area (Å²) in [5.74, 6) is 0.140. The van der Waals surface area contributed by atoms with E-state index in [0.717, 1.165) is 25.7 Å². The number of aliphatic hydroxyl groups is 3. The van der Waals surface area contributed by atoms with E-state index < -0.39 is 29.5 Å². The minimum Gasteiger partial charge on any atom is -0.393 e.